The van der Waals surface area contributed by atoms with Crippen molar-refractivity contribution in [1.29, 1.82) is 0 Å². The summed E-state index contributed by atoms with van der Waals surface area (Å²) in [5.74, 6) is 0. The summed E-state index contributed by atoms with van der Waals surface area (Å²) in [6.45, 7) is 0.741. The summed E-state index contributed by atoms with van der Waals surface area (Å²) in [5.41, 5.74) is 3.76. The van der Waals surface area contributed by atoms with E-state index >= 15 is 0 Å². The number of aromatic nitrogens is 1. The second kappa shape index (κ2) is 3.74. The van der Waals surface area contributed by atoms with Gasteiger partial charge in [0.15, 0.2) is 0 Å². The minimum atomic E-state index is 0.189. The molecule has 0 amide bonds. The molecule has 3 heteroatoms. The Kier molecular flexibility index (Phi) is 2.36. The molecule has 2 aliphatic rings. The van der Waals surface area contributed by atoms with Crippen molar-refractivity contribution in [2.24, 2.45) is 7.05 Å². The predicted octanol–water partition coefficient (Wildman–Crippen LogP) is 1.13. The molecule has 1 aromatic heterocycles. The summed E-state index contributed by atoms with van der Waals surface area (Å²) >= 11 is 0. The predicted molar refractivity (Wildman–Crippen MR) is 63.6 cm³/mol. The van der Waals surface area contributed by atoms with Crippen molar-refractivity contribution >= 4 is 0 Å². The lowest BCUT2D eigenvalue weighted by molar-refractivity contribution is 0.667. The van der Waals surface area contributed by atoms with E-state index in [9.17, 15) is 4.79 Å². The summed E-state index contributed by atoms with van der Waals surface area (Å²) in [7, 11) is 1.91. The minimum absolute atomic E-state index is 0.189. The van der Waals surface area contributed by atoms with Crippen molar-refractivity contribution in [3.8, 4) is 0 Å². The molecule has 2 aliphatic carbocycles. The van der Waals surface area contributed by atoms with Crippen molar-refractivity contribution in [3.63, 3.8) is 0 Å². The third-order valence-electron chi connectivity index (χ3n) is 3.72. The Balaban J connectivity index is 1.91. The quantitative estimate of drug-likeness (QED) is 0.825. The first-order valence-corrected chi connectivity index (χ1v) is 6.20. The lowest BCUT2D eigenvalue weighted by atomic mass is 10.1. The van der Waals surface area contributed by atoms with E-state index in [-0.39, 0.29) is 5.56 Å². The Bertz CT molecular complexity index is 472. The molecule has 0 aromatic carbocycles. The van der Waals surface area contributed by atoms with Crippen LogP contribution in [0.25, 0.3) is 0 Å². The van der Waals surface area contributed by atoms with E-state index in [1.54, 1.807) is 0 Å². The smallest absolute Gasteiger partial charge is 0.255 e. The van der Waals surface area contributed by atoms with E-state index in [0.717, 1.165) is 24.9 Å². The van der Waals surface area contributed by atoms with Crippen molar-refractivity contribution < 1.29 is 0 Å². The molecule has 1 saturated carbocycles. The highest BCUT2D eigenvalue weighted by atomic mass is 16.1. The highest BCUT2D eigenvalue weighted by molar-refractivity contribution is 5.30. The van der Waals surface area contributed by atoms with Crippen LogP contribution in [0.2, 0.25) is 0 Å². The van der Waals surface area contributed by atoms with E-state index in [2.05, 4.69) is 11.4 Å². The molecule has 1 aromatic rings. The van der Waals surface area contributed by atoms with Gasteiger partial charge in [0.05, 0.1) is 0 Å². The molecule has 0 spiro atoms. The number of nitrogens with one attached hydrogen (secondary N) is 1. The minimum Gasteiger partial charge on any atom is -0.315 e. The van der Waals surface area contributed by atoms with Gasteiger partial charge in [-0.1, -0.05) is 0 Å². The molecular formula is C13H18N2O. The molecule has 1 fully saturated rings. The van der Waals surface area contributed by atoms with Crippen LogP contribution in [0.3, 0.4) is 0 Å². The first kappa shape index (κ1) is 10.1. The van der Waals surface area contributed by atoms with Crippen LogP contribution < -0.4 is 10.9 Å². The number of rotatable bonds is 3. The molecule has 1 N–H and O–H groups in total. The fourth-order valence-electron chi connectivity index (χ4n) is 2.57. The summed E-state index contributed by atoms with van der Waals surface area (Å²) in [6, 6.07) is 2.79. The fourth-order valence-corrected chi connectivity index (χ4v) is 2.57. The molecular weight excluding hydrogens is 200 g/mol. The van der Waals surface area contributed by atoms with E-state index < -0.39 is 0 Å². The zero-order chi connectivity index (χ0) is 11.1. The molecule has 0 saturated heterocycles. The lowest BCUT2D eigenvalue weighted by Crippen LogP contribution is -2.28. The van der Waals surface area contributed by atoms with Crippen LogP contribution in [-0.2, 0) is 26.4 Å². The average Bonchev–Trinajstić information content (AvgIpc) is 2.99. The second-order valence-electron chi connectivity index (χ2n) is 5.01. The number of pyridine rings is 1. The number of hydrogen-bond acceptors (Lipinski definition) is 2. The summed E-state index contributed by atoms with van der Waals surface area (Å²) in [4.78, 5) is 12.1. The van der Waals surface area contributed by atoms with Gasteiger partial charge in [-0.05, 0) is 43.7 Å². The standard InChI is InChI=1S/C13H18N2O/c1-15-12-4-2-3-9(12)7-10(13(15)16)8-14-11-5-6-11/h7,11,14H,2-6,8H2,1H3. The van der Waals surface area contributed by atoms with E-state index in [0.29, 0.717) is 6.04 Å². The topological polar surface area (TPSA) is 34.0 Å². The molecule has 3 nitrogen and oxygen atoms in total. The molecule has 0 unspecified atom stereocenters. The molecule has 0 atom stereocenters. The van der Waals surface area contributed by atoms with Gasteiger partial charge in [0.1, 0.15) is 0 Å². The third-order valence-corrected chi connectivity index (χ3v) is 3.72. The normalized spacial score (nSPS) is 18.8. The Hall–Kier alpha value is -1.09. The summed E-state index contributed by atoms with van der Waals surface area (Å²) < 4.78 is 1.85. The van der Waals surface area contributed by atoms with Crippen LogP contribution in [0.5, 0.6) is 0 Å². The van der Waals surface area contributed by atoms with Gasteiger partial charge in [-0.15, -0.1) is 0 Å². The SMILES string of the molecule is Cn1c2c(cc(CNC3CC3)c1=O)CCC2. The van der Waals surface area contributed by atoms with Crippen LogP contribution in [0.15, 0.2) is 10.9 Å². The van der Waals surface area contributed by atoms with E-state index in [1.807, 2.05) is 11.6 Å². The van der Waals surface area contributed by atoms with Crippen molar-refractivity contribution in [2.75, 3.05) is 0 Å². The molecule has 0 aliphatic heterocycles. The monoisotopic (exact) mass is 218 g/mol. The van der Waals surface area contributed by atoms with Gasteiger partial charge < -0.3 is 9.88 Å². The number of aryl methyl sites for hydroxylation is 1. The summed E-state index contributed by atoms with van der Waals surface area (Å²) in [6.07, 6.45) is 5.94. The van der Waals surface area contributed by atoms with Gasteiger partial charge in [0.25, 0.3) is 5.56 Å². The number of nitrogens with zero attached hydrogens (tertiary/aromatic N) is 1. The second-order valence-corrected chi connectivity index (χ2v) is 5.01. The molecule has 16 heavy (non-hydrogen) atoms. The van der Waals surface area contributed by atoms with Crippen LogP contribution in [0.4, 0.5) is 0 Å². The molecule has 3 rings (SSSR count). The Morgan fingerprint density at radius 1 is 1.44 bits per heavy atom. The van der Waals surface area contributed by atoms with Crippen molar-refractivity contribution in [1.82, 2.24) is 9.88 Å². The van der Waals surface area contributed by atoms with Gasteiger partial charge >= 0.3 is 0 Å². The maximum atomic E-state index is 12.1. The zero-order valence-electron chi connectivity index (χ0n) is 9.75. The largest absolute Gasteiger partial charge is 0.315 e. The molecule has 86 valence electrons. The Morgan fingerprint density at radius 3 is 3.00 bits per heavy atom. The highest BCUT2D eigenvalue weighted by Gasteiger charge is 2.22. The molecule has 0 bridgehead atoms. The first-order valence-electron chi connectivity index (χ1n) is 6.20. The van der Waals surface area contributed by atoms with Crippen LogP contribution in [0, 0.1) is 0 Å². The van der Waals surface area contributed by atoms with Gasteiger partial charge in [0.2, 0.25) is 0 Å². The zero-order valence-corrected chi connectivity index (χ0v) is 9.75. The van der Waals surface area contributed by atoms with Gasteiger partial charge in [0, 0.05) is 30.9 Å². The fraction of sp³-hybridized carbons (Fsp3) is 0.615. The van der Waals surface area contributed by atoms with Gasteiger partial charge in [-0.2, -0.15) is 0 Å². The molecule has 0 radical (unpaired) electrons. The van der Waals surface area contributed by atoms with Crippen molar-refractivity contribution in [2.45, 2.75) is 44.7 Å². The van der Waals surface area contributed by atoms with E-state index in [4.69, 9.17) is 0 Å². The van der Waals surface area contributed by atoms with Crippen molar-refractivity contribution in [3.05, 3.63) is 33.2 Å². The number of fused-ring (bicyclic) bond motifs is 1. The van der Waals surface area contributed by atoms with Gasteiger partial charge in [-0.3, -0.25) is 4.79 Å². The van der Waals surface area contributed by atoms with Crippen LogP contribution in [0.1, 0.15) is 36.1 Å². The van der Waals surface area contributed by atoms with Crippen LogP contribution in [-0.4, -0.2) is 10.6 Å². The van der Waals surface area contributed by atoms with E-state index in [1.165, 1.54) is 30.5 Å². The number of hydrogen-bond donors (Lipinski definition) is 1. The van der Waals surface area contributed by atoms with Crippen LogP contribution >= 0.6 is 0 Å². The maximum Gasteiger partial charge on any atom is 0.255 e. The third kappa shape index (κ3) is 1.69. The Labute approximate surface area is 95.5 Å². The highest BCUT2D eigenvalue weighted by Crippen LogP contribution is 2.22. The van der Waals surface area contributed by atoms with Gasteiger partial charge in [-0.25, -0.2) is 0 Å². The maximum absolute atomic E-state index is 12.1. The average molecular weight is 218 g/mol. The first-order chi connectivity index (χ1) is 7.75. The molecule has 1 heterocycles. The lowest BCUT2D eigenvalue weighted by Gasteiger charge is -2.10. The summed E-state index contributed by atoms with van der Waals surface area (Å²) in [5, 5.41) is 3.42. The Morgan fingerprint density at radius 2 is 2.25 bits per heavy atom.